The van der Waals surface area contributed by atoms with E-state index in [0.29, 0.717) is 0 Å². The first-order valence-electron chi connectivity index (χ1n) is 6.52. The van der Waals surface area contributed by atoms with Crippen molar-refractivity contribution in [2.75, 3.05) is 5.75 Å². The molecule has 1 aromatic carbocycles. The van der Waals surface area contributed by atoms with E-state index in [-0.39, 0.29) is 26.1 Å². The molecule has 7 nitrogen and oxygen atoms in total. The summed E-state index contributed by atoms with van der Waals surface area (Å²) in [6.45, 7) is 1.48. The van der Waals surface area contributed by atoms with Crippen LogP contribution in [-0.4, -0.2) is 33.5 Å². The molecule has 0 bridgehead atoms. The summed E-state index contributed by atoms with van der Waals surface area (Å²) >= 11 is 0. The molecule has 2 N–H and O–H groups in total. The zero-order valence-corrected chi connectivity index (χ0v) is 13.8. The van der Waals surface area contributed by atoms with Gasteiger partial charge in [0.05, 0.1) is 20.4 Å². The molecule has 0 aliphatic carbocycles. The van der Waals surface area contributed by atoms with Crippen molar-refractivity contribution in [1.29, 1.82) is 0 Å². The second kappa shape index (κ2) is 6.09. The molecule has 2 aromatic rings. The Morgan fingerprint density at radius 3 is 2.22 bits per heavy atom. The Balaban J connectivity index is 2.52. The molecule has 1 heterocycles. The lowest BCUT2D eigenvalue weighted by Gasteiger charge is -2.07. The molecule has 0 saturated heterocycles. The van der Waals surface area contributed by atoms with Gasteiger partial charge in [-0.3, -0.25) is 4.79 Å². The molecule has 0 radical (unpaired) electrons. The van der Waals surface area contributed by atoms with Crippen LogP contribution >= 0.6 is 0 Å². The number of amides is 1. The van der Waals surface area contributed by atoms with Gasteiger partial charge in [0.15, 0.2) is 9.84 Å². The minimum Gasteiger partial charge on any atom is -0.364 e. The molecule has 0 spiro atoms. The number of nitrogens with zero attached hydrogens (tertiary/aromatic N) is 1. The van der Waals surface area contributed by atoms with Crippen LogP contribution in [0, 0.1) is 0 Å². The number of hydrogen-bond acceptors (Lipinski definition) is 6. The maximum absolute atomic E-state index is 12.5. The van der Waals surface area contributed by atoms with Gasteiger partial charge in [0.2, 0.25) is 9.84 Å². The summed E-state index contributed by atoms with van der Waals surface area (Å²) in [7, 11) is -7.47. The summed E-state index contributed by atoms with van der Waals surface area (Å²) < 4.78 is 48.8. The number of sulfone groups is 2. The standard InChI is InChI=1S/C14H14N2O5S2/c1-2-22(18,19)10-4-3-5-11(8-10)23(20,21)12-6-7-13(14(15)17)16-9-12/h3-9H,2H2,1H3,(H2,15,17). The van der Waals surface area contributed by atoms with Crippen LogP contribution in [0.5, 0.6) is 0 Å². The Bertz CT molecular complexity index is 949. The van der Waals surface area contributed by atoms with E-state index in [4.69, 9.17) is 5.73 Å². The lowest BCUT2D eigenvalue weighted by atomic mass is 10.3. The highest BCUT2D eigenvalue weighted by Crippen LogP contribution is 2.23. The summed E-state index contributed by atoms with van der Waals surface area (Å²) in [5.41, 5.74) is 4.99. The van der Waals surface area contributed by atoms with E-state index >= 15 is 0 Å². The average Bonchev–Trinajstić information content (AvgIpc) is 2.55. The number of rotatable bonds is 5. The minimum atomic E-state index is -3.95. The largest absolute Gasteiger partial charge is 0.364 e. The van der Waals surface area contributed by atoms with Gasteiger partial charge in [-0.2, -0.15) is 0 Å². The molecule has 0 aliphatic heterocycles. The number of primary amides is 1. The third-order valence-electron chi connectivity index (χ3n) is 3.15. The van der Waals surface area contributed by atoms with E-state index < -0.39 is 25.6 Å². The van der Waals surface area contributed by atoms with Gasteiger partial charge in [0, 0.05) is 6.20 Å². The maximum Gasteiger partial charge on any atom is 0.267 e. The predicted octanol–water partition coefficient (Wildman–Crippen LogP) is 0.807. The minimum absolute atomic E-state index is 0.0636. The van der Waals surface area contributed by atoms with E-state index in [2.05, 4.69) is 4.98 Å². The fourth-order valence-corrected chi connectivity index (χ4v) is 4.07. The lowest BCUT2D eigenvalue weighted by molar-refractivity contribution is 0.0995. The number of aromatic nitrogens is 1. The van der Waals surface area contributed by atoms with Crippen molar-refractivity contribution in [3.05, 3.63) is 48.3 Å². The maximum atomic E-state index is 12.5. The van der Waals surface area contributed by atoms with E-state index in [9.17, 15) is 21.6 Å². The highest BCUT2D eigenvalue weighted by atomic mass is 32.2. The number of carbonyl (C=O) groups is 1. The van der Waals surface area contributed by atoms with Gasteiger partial charge < -0.3 is 5.73 Å². The summed E-state index contributed by atoms with van der Waals surface area (Å²) in [5.74, 6) is -0.907. The smallest absolute Gasteiger partial charge is 0.267 e. The number of benzene rings is 1. The highest BCUT2D eigenvalue weighted by molar-refractivity contribution is 7.92. The van der Waals surface area contributed by atoms with Crippen LogP contribution in [0.15, 0.2) is 57.3 Å². The van der Waals surface area contributed by atoms with E-state index in [1.165, 1.54) is 37.3 Å². The Labute approximate surface area is 134 Å². The zero-order chi connectivity index (χ0) is 17.3. The molecule has 0 unspecified atom stereocenters. The van der Waals surface area contributed by atoms with Gasteiger partial charge in [-0.1, -0.05) is 13.0 Å². The quantitative estimate of drug-likeness (QED) is 0.847. The molecule has 0 atom stereocenters. The van der Waals surface area contributed by atoms with E-state index in [0.717, 1.165) is 12.3 Å². The van der Waals surface area contributed by atoms with Crippen molar-refractivity contribution < 1.29 is 21.6 Å². The van der Waals surface area contributed by atoms with Gasteiger partial charge in [0.25, 0.3) is 5.91 Å². The molecule has 0 aliphatic rings. The Morgan fingerprint density at radius 1 is 1.04 bits per heavy atom. The van der Waals surface area contributed by atoms with Crippen LogP contribution < -0.4 is 5.73 Å². The molecule has 23 heavy (non-hydrogen) atoms. The van der Waals surface area contributed by atoms with Gasteiger partial charge >= 0.3 is 0 Å². The topological polar surface area (TPSA) is 124 Å². The van der Waals surface area contributed by atoms with Crippen molar-refractivity contribution in [3.63, 3.8) is 0 Å². The Kier molecular flexibility index (Phi) is 4.53. The molecule has 122 valence electrons. The summed E-state index contributed by atoms with van der Waals surface area (Å²) in [6.07, 6.45) is 1.01. The molecule has 1 aromatic heterocycles. The monoisotopic (exact) mass is 354 g/mol. The van der Waals surface area contributed by atoms with Crippen molar-refractivity contribution in [1.82, 2.24) is 4.98 Å². The van der Waals surface area contributed by atoms with Crippen LogP contribution in [0.4, 0.5) is 0 Å². The Hall–Kier alpha value is -2.26. The molecular weight excluding hydrogens is 340 g/mol. The van der Waals surface area contributed by atoms with Crippen LogP contribution in [0.2, 0.25) is 0 Å². The van der Waals surface area contributed by atoms with Crippen LogP contribution in [0.1, 0.15) is 17.4 Å². The number of hydrogen-bond donors (Lipinski definition) is 1. The second-order valence-corrected chi connectivity index (χ2v) is 8.85. The first kappa shape index (κ1) is 17.1. The van der Waals surface area contributed by atoms with Crippen molar-refractivity contribution in [3.8, 4) is 0 Å². The summed E-state index contributed by atoms with van der Waals surface area (Å²) in [4.78, 5) is 14.3. The molecule has 9 heteroatoms. The molecular formula is C14H14N2O5S2. The number of pyridine rings is 1. The van der Waals surface area contributed by atoms with Crippen LogP contribution in [0.3, 0.4) is 0 Å². The Morgan fingerprint density at radius 2 is 1.70 bits per heavy atom. The van der Waals surface area contributed by atoms with Crippen LogP contribution in [-0.2, 0) is 19.7 Å². The highest BCUT2D eigenvalue weighted by Gasteiger charge is 2.21. The third kappa shape index (κ3) is 3.40. The fraction of sp³-hybridized carbons (Fsp3) is 0.143. The fourth-order valence-electron chi connectivity index (χ4n) is 1.82. The molecule has 1 amide bonds. The molecule has 0 fully saturated rings. The SMILES string of the molecule is CCS(=O)(=O)c1cccc(S(=O)(=O)c2ccc(C(N)=O)nc2)c1. The number of nitrogens with two attached hydrogens (primary N) is 1. The predicted molar refractivity (Wildman–Crippen MR) is 82.4 cm³/mol. The van der Waals surface area contributed by atoms with Gasteiger partial charge in [-0.05, 0) is 30.3 Å². The summed E-state index contributed by atoms with van der Waals surface area (Å²) in [6, 6.07) is 7.50. The van der Waals surface area contributed by atoms with Gasteiger partial charge in [-0.15, -0.1) is 0 Å². The van der Waals surface area contributed by atoms with Gasteiger partial charge in [0.1, 0.15) is 5.69 Å². The first-order valence-corrected chi connectivity index (χ1v) is 9.66. The van der Waals surface area contributed by atoms with Crippen molar-refractivity contribution >= 4 is 25.6 Å². The van der Waals surface area contributed by atoms with E-state index in [1.807, 2.05) is 0 Å². The summed E-state index contributed by atoms with van der Waals surface area (Å²) in [5, 5.41) is 0. The van der Waals surface area contributed by atoms with Crippen LogP contribution in [0.25, 0.3) is 0 Å². The molecule has 0 saturated carbocycles. The zero-order valence-electron chi connectivity index (χ0n) is 12.1. The van der Waals surface area contributed by atoms with Crippen molar-refractivity contribution in [2.45, 2.75) is 21.6 Å². The average molecular weight is 354 g/mol. The second-order valence-electron chi connectivity index (χ2n) is 4.63. The molecule has 2 rings (SSSR count). The van der Waals surface area contributed by atoms with E-state index in [1.54, 1.807) is 0 Å². The third-order valence-corrected chi connectivity index (χ3v) is 6.62. The van der Waals surface area contributed by atoms with Gasteiger partial charge in [-0.25, -0.2) is 21.8 Å². The number of carbonyl (C=O) groups excluding carboxylic acids is 1. The first-order chi connectivity index (χ1) is 10.7. The normalized spacial score (nSPS) is 12.0. The van der Waals surface area contributed by atoms with Crippen molar-refractivity contribution in [2.24, 2.45) is 5.73 Å². The lowest BCUT2D eigenvalue weighted by Crippen LogP contribution is -2.13.